The van der Waals surface area contributed by atoms with Crippen LogP contribution in [0.25, 0.3) is 21.9 Å². The zero-order valence-electron chi connectivity index (χ0n) is 34.8. The average Bonchev–Trinajstić information content (AvgIpc) is 3.57. The summed E-state index contributed by atoms with van der Waals surface area (Å²) in [6, 6.07) is 49.7. The summed E-state index contributed by atoms with van der Waals surface area (Å²) in [5, 5.41) is 2.49. The van der Waals surface area contributed by atoms with Crippen LogP contribution in [0.2, 0.25) is 0 Å². The minimum atomic E-state index is -0.0435. The third-order valence-electron chi connectivity index (χ3n) is 13.3. The van der Waals surface area contributed by atoms with Gasteiger partial charge in [-0.15, -0.1) is 0 Å². The molecule has 0 saturated carbocycles. The molecule has 0 atom stereocenters. The summed E-state index contributed by atoms with van der Waals surface area (Å²) in [4.78, 5) is 5.28. The van der Waals surface area contributed by atoms with Crippen molar-refractivity contribution in [3.63, 3.8) is 0 Å². The molecule has 281 valence electrons. The third-order valence-corrected chi connectivity index (χ3v) is 13.3. The van der Waals surface area contributed by atoms with Crippen LogP contribution in [0.5, 0.6) is 0 Å². The fourth-order valence-corrected chi connectivity index (χ4v) is 10.4. The van der Waals surface area contributed by atoms with Gasteiger partial charge in [0.15, 0.2) is 0 Å². The molecule has 0 bridgehead atoms. The van der Waals surface area contributed by atoms with Gasteiger partial charge >= 0.3 is 0 Å². The molecule has 1 fully saturated rings. The van der Waals surface area contributed by atoms with Gasteiger partial charge in [0, 0.05) is 38.8 Å². The minimum Gasteiger partial charge on any atom is -0.353 e. The standard InChI is InChI=1S/C53H59N2/c1-11-53(12-2)34-51(7,8)55(49-41(35(3)4)23-18-24-42(49)36(5)6)50(53)38-27-29-39(30-28-38)54(48-26-17-20-37-19-13-14-21-43(37)48)40-31-32-47-45(33-40)44-22-15-16-25-46(44)52(47,9)10/h13-33,35-36H,11-12,34H2,1-10H3. The first-order valence-electron chi connectivity index (χ1n) is 20.8. The van der Waals surface area contributed by atoms with E-state index in [0.29, 0.717) is 11.8 Å². The molecule has 55 heavy (non-hydrogen) atoms. The summed E-state index contributed by atoms with van der Waals surface area (Å²) in [7, 11) is 0. The summed E-state index contributed by atoms with van der Waals surface area (Å²) in [5.74, 6) is 0.844. The predicted molar refractivity (Wildman–Crippen MR) is 237 cm³/mol. The quantitative estimate of drug-likeness (QED) is 0.147. The van der Waals surface area contributed by atoms with Gasteiger partial charge in [-0.3, -0.25) is 0 Å². The highest BCUT2D eigenvalue weighted by Crippen LogP contribution is 2.61. The van der Waals surface area contributed by atoms with E-state index in [0.717, 1.165) is 19.3 Å². The Balaban J connectivity index is 1.31. The maximum Gasteiger partial charge on any atom is 0.0994 e. The molecule has 1 heterocycles. The maximum atomic E-state index is 2.79. The monoisotopic (exact) mass is 723 g/mol. The van der Waals surface area contributed by atoms with Gasteiger partial charge in [-0.25, -0.2) is 0 Å². The summed E-state index contributed by atoms with van der Waals surface area (Å²) < 4.78 is 0. The normalized spacial score (nSPS) is 16.9. The second-order valence-corrected chi connectivity index (χ2v) is 18.0. The van der Waals surface area contributed by atoms with E-state index in [1.807, 2.05) is 0 Å². The van der Waals surface area contributed by atoms with Gasteiger partial charge in [0.1, 0.15) is 0 Å². The predicted octanol–water partition coefficient (Wildman–Crippen LogP) is 15.2. The Hall–Kier alpha value is -4.82. The number of fused-ring (bicyclic) bond motifs is 4. The first-order chi connectivity index (χ1) is 26.3. The number of hydrogen-bond donors (Lipinski definition) is 0. The lowest BCUT2D eigenvalue weighted by Gasteiger charge is -2.43. The van der Waals surface area contributed by atoms with Crippen LogP contribution >= 0.6 is 0 Å². The second kappa shape index (κ2) is 13.7. The van der Waals surface area contributed by atoms with Crippen LogP contribution in [-0.4, -0.2) is 5.54 Å². The van der Waals surface area contributed by atoms with Gasteiger partial charge in [-0.2, -0.15) is 0 Å². The van der Waals surface area contributed by atoms with Gasteiger partial charge in [-0.05, 0) is 120 Å². The topological polar surface area (TPSA) is 6.48 Å². The molecule has 6 aromatic rings. The lowest BCUT2D eigenvalue weighted by Crippen LogP contribution is -2.42. The number of para-hydroxylation sites is 1. The summed E-state index contributed by atoms with van der Waals surface area (Å²) in [5.41, 5.74) is 14.6. The van der Waals surface area contributed by atoms with E-state index in [1.165, 1.54) is 78.5 Å². The van der Waals surface area contributed by atoms with Crippen LogP contribution in [-0.2, 0) is 5.41 Å². The van der Waals surface area contributed by atoms with Crippen LogP contribution in [0, 0.1) is 11.5 Å². The van der Waals surface area contributed by atoms with E-state index in [2.05, 4.69) is 206 Å². The molecule has 1 radical (unpaired) electrons. The summed E-state index contributed by atoms with van der Waals surface area (Å²) in [6.07, 6.45) is 3.34. The van der Waals surface area contributed by atoms with Crippen molar-refractivity contribution in [2.45, 2.75) is 111 Å². The van der Waals surface area contributed by atoms with Crippen molar-refractivity contribution < 1.29 is 0 Å². The van der Waals surface area contributed by atoms with Gasteiger partial charge in [-0.1, -0.05) is 152 Å². The Labute approximate surface area is 331 Å². The molecule has 0 unspecified atom stereocenters. The van der Waals surface area contributed by atoms with Crippen LogP contribution in [0.1, 0.15) is 128 Å². The Morgan fingerprint density at radius 2 is 1.18 bits per heavy atom. The van der Waals surface area contributed by atoms with Crippen LogP contribution < -0.4 is 9.80 Å². The molecule has 2 nitrogen and oxygen atoms in total. The molecule has 1 saturated heterocycles. The van der Waals surface area contributed by atoms with E-state index in [9.17, 15) is 0 Å². The molecule has 2 aliphatic rings. The smallest absolute Gasteiger partial charge is 0.0994 e. The molecule has 6 aromatic carbocycles. The van der Waals surface area contributed by atoms with Crippen LogP contribution in [0.4, 0.5) is 22.7 Å². The largest absolute Gasteiger partial charge is 0.353 e. The molecular weight excluding hydrogens is 665 g/mol. The Bertz CT molecular complexity index is 2320. The van der Waals surface area contributed by atoms with Crippen molar-refractivity contribution in [3.8, 4) is 11.1 Å². The summed E-state index contributed by atoms with van der Waals surface area (Å²) in [6.45, 7) is 23.9. The van der Waals surface area contributed by atoms with Gasteiger partial charge in [0.2, 0.25) is 0 Å². The number of anilines is 4. The van der Waals surface area contributed by atoms with Crippen molar-refractivity contribution in [3.05, 3.63) is 161 Å². The number of hydrogen-bond acceptors (Lipinski definition) is 2. The highest BCUT2D eigenvalue weighted by Gasteiger charge is 2.56. The molecule has 0 spiro atoms. The molecule has 1 aliphatic carbocycles. The van der Waals surface area contributed by atoms with Crippen molar-refractivity contribution in [2.75, 3.05) is 9.80 Å². The fraction of sp³-hybridized carbons (Fsp3) is 0.340. The number of benzene rings is 6. The summed E-state index contributed by atoms with van der Waals surface area (Å²) >= 11 is 0. The maximum absolute atomic E-state index is 2.79. The first-order valence-corrected chi connectivity index (χ1v) is 20.8. The van der Waals surface area contributed by atoms with Crippen molar-refractivity contribution in [1.82, 2.24) is 0 Å². The van der Waals surface area contributed by atoms with Crippen molar-refractivity contribution >= 4 is 33.5 Å². The molecule has 0 aromatic heterocycles. The lowest BCUT2D eigenvalue weighted by atomic mass is 9.71. The molecule has 8 rings (SSSR count). The zero-order chi connectivity index (χ0) is 38.9. The Morgan fingerprint density at radius 3 is 1.85 bits per heavy atom. The first kappa shape index (κ1) is 37.1. The Kier molecular flexibility index (Phi) is 9.27. The highest BCUT2D eigenvalue weighted by atomic mass is 15.3. The molecule has 2 heteroatoms. The highest BCUT2D eigenvalue weighted by molar-refractivity contribution is 5.99. The van der Waals surface area contributed by atoms with Gasteiger partial charge < -0.3 is 9.80 Å². The van der Waals surface area contributed by atoms with Gasteiger partial charge in [0.25, 0.3) is 0 Å². The lowest BCUT2D eigenvalue weighted by molar-refractivity contribution is 0.284. The van der Waals surface area contributed by atoms with Crippen LogP contribution in [0.3, 0.4) is 0 Å². The zero-order valence-corrected chi connectivity index (χ0v) is 34.8. The molecule has 0 N–H and O–H groups in total. The molecule has 1 aliphatic heterocycles. The second-order valence-electron chi connectivity index (χ2n) is 18.0. The fourth-order valence-electron chi connectivity index (χ4n) is 10.4. The van der Waals surface area contributed by atoms with Gasteiger partial charge in [0.05, 0.1) is 11.7 Å². The SMILES string of the molecule is CCC1(CC)CC(C)(C)N(c2c(C(C)C)cccc2C(C)C)[C]1c1ccc(N(c2ccc3c(c2)-c2ccccc2C3(C)C)c2cccc3ccccc23)cc1. The number of rotatable bonds is 9. The van der Waals surface area contributed by atoms with E-state index in [4.69, 9.17) is 0 Å². The average molecular weight is 724 g/mol. The van der Waals surface area contributed by atoms with Crippen LogP contribution in [0.15, 0.2) is 127 Å². The van der Waals surface area contributed by atoms with E-state index in [1.54, 1.807) is 0 Å². The minimum absolute atomic E-state index is 0.0385. The van der Waals surface area contributed by atoms with Crippen molar-refractivity contribution in [2.24, 2.45) is 5.41 Å². The molecule has 0 amide bonds. The van der Waals surface area contributed by atoms with E-state index < -0.39 is 0 Å². The Morgan fingerprint density at radius 1 is 0.600 bits per heavy atom. The number of nitrogens with zero attached hydrogens (tertiary/aromatic N) is 2. The molecular formula is C53H59N2. The van der Waals surface area contributed by atoms with E-state index in [-0.39, 0.29) is 16.4 Å². The third kappa shape index (κ3) is 5.90. The van der Waals surface area contributed by atoms with Crippen molar-refractivity contribution in [1.29, 1.82) is 0 Å². The van der Waals surface area contributed by atoms with E-state index >= 15 is 0 Å².